The third-order valence-electron chi connectivity index (χ3n) is 7.13. The van der Waals surface area contributed by atoms with Crippen molar-refractivity contribution < 1.29 is 18.7 Å². The highest BCUT2D eigenvalue weighted by molar-refractivity contribution is 5.97. The van der Waals surface area contributed by atoms with Crippen LogP contribution in [-0.2, 0) is 18.4 Å². The van der Waals surface area contributed by atoms with Crippen LogP contribution in [-0.4, -0.2) is 38.5 Å². The summed E-state index contributed by atoms with van der Waals surface area (Å²) in [7, 11) is 2.02. The minimum absolute atomic E-state index is 0.000465. The molecule has 1 N–H and O–H groups in total. The van der Waals surface area contributed by atoms with E-state index >= 15 is 0 Å². The number of aryl methyl sites for hydroxylation is 1. The first kappa shape index (κ1) is 34.9. The van der Waals surface area contributed by atoms with E-state index in [4.69, 9.17) is 14.7 Å². The Hall–Kier alpha value is -4.62. The van der Waals surface area contributed by atoms with Gasteiger partial charge in [-0.2, -0.15) is 5.26 Å². The lowest BCUT2D eigenvalue weighted by Gasteiger charge is -2.13. The number of rotatable bonds is 5. The van der Waals surface area contributed by atoms with Gasteiger partial charge in [0.2, 0.25) is 0 Å². The van der Waals surface area contributed by atoms with Crippen molar-refractivity contribution in [2.24, 2.45) is 7.05 Å². The Bertz CT molecular complexity index is 1670. The third-order valence-corrected chi connectivity index (χ3v) is 7.13. The van der Waals surface area contributed by atoms with Crippen LogP contribution in [0.2, 0.25) is 0 Å². The molecular weight excluding hydrogens is 573 g/mol. The highest BCUT2D eigenvalue weighted by atomic mass is 19.1. The Kier molecular flexibility index (Phi) is 14.1. The second-order valence-corrected chi connectivity index (χ2v) is 10.4. The predicted octanol–water partition coefficient (Wildman–Crippen LogP) is 7.31. The summed E-state index contributed by atoms with van der Waals surface area (Å²) in [6, 6.07) is 12.7. The van der Waals surface area contributed by atoms with Gasteiger partial charge in [0.05, 0.1) is 22.7 Å². The van der Waals surface area contributed by atoms with Crippen LogP contribution in [0.5, 0.6) is 5.75 Å². The number of carbonyl (C=O) groups is 1. The maximum absolute atomic E-state index is 13.5. The van der Waals surface area contributed by atoms with Gasteiger partial charge in [-0.3, -0.25) is 9.59 Å². The number of hydrogen-bond acceptors (Lipinski definition) is 7. The van der Waals surface area contributed by atoms with E-state index in [0.717, 1.165) is 41.7 Å². The van der Waals surface area contributed by atoms with Crippen LogP contribution >= 0.6 is 0 Å². The Morgan fingerprint density at radius 3 is 2.42 bits per heavy atom. The largest absolute Gasteiger partial charge is 0.483 e. The first-order valence-electron chi connectivity index (χ1n) is 15.5. The zero-order chi connectivity index (χ0) is 32.6. The zero-order valence-electron chi connectivity index (χ0n) is 26.6. The fourth-order valence-corrected chi connectivity index (χ4v) is 4.72. The molecule has 4 aromatic rings. The summed E-state index contributed by atoms with van der Waals surface area (Å²) in [5, 5.41) is 8.58. The van der Waals surface area contributed by atoms with Crippen LogP contribution in [0.1, 0.15) is 93.3 Å². The fourth-order valence-electron chi connectivity index (χ4n) is 4.72. The molecule has 1 aliphatic heterocycles. The molecule has 3 heterocycles. The second-order valence-electron chi connectivity index (χ2n) is 10.4. The van der Waals surface area contributed by atoms with E-state index in [9.17, 15) is 14.0 Å². The normalized spacial score (nSPS) is 13.6. The molecule has 238 valence electrons. The van der Waals surface area contributed by atoms with Crippen molar-refractivity contribution in [3.63, 3.8) is 0 Å². The van der Waals surface area contributed by atoms with Crippen LogP contribution < -0.4 is 10.3 Å². The molecule has 1 saturated carbocycles. The quantitative estimate of drug-likeness (QED) is 0.234. The number of nitrogens with one attached hydrogen (secondary N) is 1. The first-order chi connectivity index (χ1) is 21.8. The van der Waals surface area contributed by atoms with Crippen LogP contribution in [0, 0.1) is 17.1 Å². The lowest BCUT2D eigenvalue weighted by molar-refractivity contribution is 0.101. The lowest BCUT2D eigenvalue weighted by Crippen LogP contribution is -2.11. The van der Waals surface area contributed by atoms with Gasteiger partial charge >= 0.3 is 0 Å². The van der Waals surface area contributed by atoms with Gasteiger partial charge in [0.15, 0.2) is 17.3 Å². The standard InChI is InChI=1S/C17H20N2O.C12H8FN3O2.C4H8O.C2H6/c1-12(20)14-8-9-15-16(11-14)19(2)17(18-15)10-13-6-4-3-5-7-13;13-9-5-8(6-14)1-2-10(9)18-7-11-15-4-3-12(17)16-11;1-2-4-5-3-1;1-2/h8-11H,3-7H2,1-2H3;1-5H,7H2,(H,15,16,17);1-4H2;1-2H3. The average molecular weight is 616 g/mol. The number of nitriles is 1. The fraction of sp³-hybridized carbons (Fsp3) is 0.400. The van der Waals surface area contributed by atoms with Gasteiger partial charge in [-0.25, -0.2) is 14.4 Å². The van der Waals surface area contributed by atoms with Crippen molar-refractivity contribution in [2.75, 3.05) is 13.2 Å². The van der Waals surface area contributed by atoms with Crippen molar-refractivity contribution in [3.05, 3.63) is 93.2 Å². The molecule has 10 heteroatoms. The minimum Gasteiger partial charge on any atom is -0.483 e. The summed E-state index contributed by atoms with van der Waals surface area (Å²) >= 11 is 0. The number of H-pyrrole nitrogens is 1. The molecule has 6 rings (SSSR count). The topological polar surface area (TPSA) is 123 Å². The van der Waals surface area contributed by atoms with Gasteiger partial charge in [0, 0.05) is 38.1 Å². The van der Waals surface area contributed by atoms with Crippen molar-refractivity contribution in [1.82, 2.24) is 19.5 Å². The summed E-state index contributed by atoms with van der Waals surface area (Å²) in [6.07, 6.45) is 12.5. The molecule has 9 nitrogen and oxygen atoms in total. The van der Waals surface area contributed by atoms with E-state index in [2.05, 4.69) is 25.6 Å². The van der Waals surface area contributed by atoms with Crippen molar-refractivity contribution in [1.29, 1.82) is 5.26 Å². The number of hydrogen-bond donors (Lipinski definition) is 1. The van der Waals surface area contributed by atoms with Crippen LogP contribution in [0.3, 0.4) is 0 Å². The molecule has 0 radical (unpaired) electrons. The van der Waals surface area contributed by atoms with Gasteiger partial charge in [-0.1, -0.05) is 25.8 Å². The molecule has 0 amide bonds. The molecule has 2 aromatic heterocycles. The SMILES string of the molecule is C1CCOC1.CC.CC(=O)c1ccc2nc(C=C3CCCCC3)n(C)c2c1.N#Cc1ccc(OCc2nccc(=O)[nH]2)c(F)c1. The molecule has 1 aliphatic carbocycles. The monoisotopic (exact) mass is 615 g/mol. The molecule has 0 unspecified atom stereocenters. The highest BCUT2D eigenvalue weighted by Gasteiger charge is 2.11. The molecule has 0 atom stereocenters. The number of Topliss-reactive ketones (excluding diaryl/α,β-unsaturated/α-hetero) is 1. The third kappa shape index (κ3) is 10.8. The van der Waals surface area contributed by atoms with E-state index in [1.54, 1.807) is 6.92 Å². The van der Waals surface area contributed by atoms with Gasteiger partial charge in [0.25, 0.3) is 5.56 Å². The van der Waals surface area contributed by atoms with Gasteiger partial charge < -0.3 is 19.0 Å². The molecular formula is C35H42FN5O4. The lowest BCUT2D eigenvalue weighted by atomic mass is 9.95. The van der Waals surface area contributed by atoms with Gasteiger partial charge in [0.1, 0.15) is 18.3 Å². The van der Waals surface area contributed by atoms with Crippen molar-refractivity contribution in [2.45, 2.75) is 72.3 Å². The highest BCUT2D eigenvalue weighted by Crippen LogP contribution is 2.26. The van der Waals surface area contributed by atoms with Crippen LogP contribution in [0.15, 0.2) is 59.0 Å². The second kappa shape index (κ2) is 18.2. The summed E-state index contributed by atoms with van der Waals surface area (Å²) in [5.74, 6) is 0.761. The van der Waals surface area contributed by atoms with E-state index in [1.165, 1.54) is 74.9 Å². The molecule has 1 saturated heterocycles. The van der Waals surface area contributed by atoms with Crippen molar-refractivity contribution >= 4 is 22.9 Å². The molecule has 2 aromatic carbocycles. The molecule has 45 heavy (non-hydrogen) atoms. The number of ketones is 1. The maximum Gasteiger partial charge on any atom is 0.250 e. The van der Waals surface area contributed by atoms with Gasteiger partial charge in [-0.15, -0.1) is 0 Å². The number of carbonyl (C=O) groups excluding carboxylic acids is 1. The summed E-state index contributed by atoms with van der Waals surface area (Å²) in [6.45, 7) is 7.54. The van der Waals surface area contributed by atoms with E-state index in [0.29, 0.717) is 5.82 Å². The molecule has 0 bridgehead atoms. The summed E-state index contributed by atoms with van der Waals surface area (Å²) < 4.78 is 25.6. The Balaban J connectivity index is 0.000000204. The van der Waals surface area contributed by atoms with E-state index in [-0.39, 0.29) is 29.3 Å². The summed E-state index contributed by atoms with van der Waals surface area (Å²) in [5.41, 5.74) is 4.15. The minimum atomic E-state index is -0.632. The number of fused-ring (bicyclic) bond motifs is 1. The number of allylic oxidation sites excluding steroid dienone is 1. The number of nitrogens with zero attached hydrogens (tertiary/aromatic N) is 4. The number of ether oxygens (including phenoxy) is 2. The van der Waals surface area contributed by atoms with E-state index in [1.807, 2.05) is 45.2 Å². The predicted molar refractivity (Wildman–Crippen MR) is 173 cm³/mol. The Labute approximate surface area is 263 Å². The number of halogens is 1. The number of aromatic amines is 1. The molecule has 2 aliphatic rings. The smallest absolute Gasteiger partial charge is 0.250 e. The van der Waals surface area contributed by atoms with Gasteiger partial charge in [-0.05, 0) is 87.9 Å². The molecule has 0 spiro atoms. The molecule has 2 fully saturated rings. The first-order valence-corrected chi connectivity index (χ1v) is 15.5. The number of imidazole rings is 1. The van der Waals surface area contributed by atoms with Crippen LogP contribution in [0.4, 0.5) is 4.39 Å². The zero-order valence-corrected chi connectivity index (χ0v) is 26.6. The Morgan fingerprint density at radius 2 is 1.82 bits per heavy atom. The Morgan fingerprint density at radius 1 is 1.09 bits per heavy atom. The van der Waals surface area contributed by atoms with Crippen LogP contribution in [0.25, 0.3) is 17.1 Å². The number of aromatic nitrogens is 4. The van der Waals surface area contributed by atoms with E-state index < -0.39 is 5.82 Å². The summed E-state index contributed by atoms with van der Waals surface area (Å²) in [4.78, 5) is 33.5. The van der Waals surface area contributed by atoms with Crippen molar-refractivity contribution in [3.8, 4) is 11.8 Å². The maximum atomic E-state index is 13.5. The average Bonchev–Trinajstić information content (AvgIpc) is 3.75. The number of benzene rings is 2.